The molecule has 2 N–H and O–H groups in total. The Balaban J connectivity index is 1.56. The number of aryl methyl sites for hydroxylation is 1. The molecule has 0 bridgehead atoms. The number of amides is 1. The van der Waals surface area contributed by atoms with Gasteiger partial charge < -0.3 is 9.88 Å². The minimum atomic E-state index is -0.483. The van der Waals surface area contributed by atoms with Crippen molar-refractivity contribution in [3.05, 3.63) is 69.1 Å². The molecule has 3 aromatic rings. The maximum Gasteiger partial charge on any atom is 0.328 e. The Morgan fingerprint density at radius 3 is 2.81 bits per heavy atom. The van der Waals surface area contributed by atoms with E-state index in [1.807, 2.05) is 23.2 Å². The zero-order valence-electron chi connectivity index (χ0n) is 14.3. The van der Waals surface area contributed by atoms with E-state index in [9.17, 15) is 14.4 Å². The summed E-state index contributed by atoms with van der Waals surface area (Å²) in [6.07, 6.45) is 3.99. The van der Waals surface area contributed by atoms with Crippen LogP contribution in [0.15, 0.2) is 52.2 Å². The summed E-state index contributed by atoms with van der Waals surface area (Å²) in [5, 5.41) is 0.449. The summed E-state index contributed by atoms with van der Waals surface area (Å²) < 4.78 is 1.47. The van der Waals surface area contributed by atoms with Crippen molar-refractivity contribution < 1.29 is 4.79 Å². The van der Waals surface area contributed by atoms with Gasteiger partial charge in [-0.05, 0) is 37.1 Å². The molecule has 26 heavy (non-hydrogen) atoms. The number of para-hydroxylation sites is 1. The Labute approximate surface area is 149 Å². The molecule has 2 aromatic heterocycles. The quantitative estimate of drug-likeness (QED) is 0.750. The fraction of sp³-hybridized carbons (Fsp3) is 0.316. The third kappa shape index (κ3) is 2.85. The number of aromatic nitrogens is 3. The number of aromatic amines is 2. The summed E-state index contributed by atoms with van der Waals surface area (Å²) in [5.41, 5.74) is 0.710. The van der Waals surface area contributed by atoms with Crippen molar-refractivity contribution >= 4 is 16.8 Å². The van der Waals surface area contributed by atoms with E-state index in [-0.39, 0.29) is 24.9 Å². The number of hydrogen-bond acceptors (Lipinski definition) is 3. The number of likely N-dealkylation sites (tertiary alicyclic amines) is 1. The molecule has 1 aliphatic rings. The highest BCUT2D eigenvalue weighted by Crippen LogP contribution is 2.31. The molecular formula is C19H20N4O3. The van der Waals surface area contributed by atoms with Crippen LogP contribution >= 0.6 is 0 Å². The number of rotatable bonds is 4. The maximum absolute atomic E-state index is 12.8. The standard InChI is InChI=1S/C19H20N4O3/c24-17(22-11-4-8-16(22)14-6-3-10-20-14)9-12-23-15-7-2-1-5-13(15)18(25)21-19(23)26/h1-3,5-7,10,16,20H,4,8-9,11-12H2,(H,21,25,26)/t16-/m1/s1. The molecule has 134 valence electrons. The zero-order valence-corrected chi connectivity index (χ0v) is 14.3. The van der Waals surface area contributed by atoms with Gasteiger partial charge in [-0.15, -0.1) is 0 Å². The lowest BCUT2D eigenvalue weighted by molar-refractivity contribution is -0.132. The van der Waals surface area contributed by atoms with Crippen molar-refractivity contribution in [1.82, 2.24) is 19.4 Å². The second kappa shape index (κ2) is 6.67. The summed E-state index contributed by atoms with van der Waals surface area (Å²) in [4.78, 5) is 44.3. The number of carbonyl (C=O) groups excluding carboxylic acids is 1. The first-order chi connectivity index (χ1) is 12.6. The second-order valence-electron chi connectivity index (χ2n) is 6.55. The molecule has 7 heteroatoms. The van der Waals surface area contributed by atoms with Gasteiger partial charge in [0.05, 0.1) is 16.9 Å². The molecular weight excluding hydrogens is 332 g/mol. The fourth-order valence-electron chi connectivity index (χ4n) is 3.76. The van der Waals surface area contributed by atoms with Gasteiger partial charge in [-0.25, -0.2) is 4.79 Å². The highest BCUT2D eigenvalue weighted by molar-refractivity contribution is 5.79. The smallest absolute Gasteiger partial charge is 0.328 e. The van der Waals surface area contributed by atoms with E-state index in [0.717, 1.165) is 25.1 Å². The molecule has 1 fully saturated rings. The third-order valence-corrected chi connectivity index (χ3v) is 5.01. The first kappa shape index (κ1) is 16.4. The van der Waals surface area contributed by atoms with Gasteiger partial charge in [0.25, 0.3) is 5.56 Å². The molecule has 1 aliphatic heterocycles. The van der Waals surface area contributed by atoms with Gasteiger partial charge >= 0.3 is 5.69 Å². The van der Waals surface area contributed by atoms with E-state index in [1.165, 1.54) is 4.57 Å². The molecule has 0 unspecified atom stereocenters. The number of nitrogens with zero attached hydrogens (tertiary/aromatic N) is 2. The number of nitrogens with one attached hydrogen (secondary N) is 2. The van der Waals surface area contributed by atoms with Crippen LogP contribution in [0.5, 0.6) is 0 Å². The number of fused-ring (bicyclic) bond motifs is 1. The molecule has 0 radical (unpaired) electrons. The van der Waals surface area contributed by atoms with Gasteiger partial charge in [-0.1, -0.05) is 12.1 Å². The van der Waals surface area contributed by atoms with E-state index in [1.54, 1.807) is 24.3 Å². The Morgan fingerprint density at radius 2 is 2.00 bits per heavy atom. The van der Waals surface area contributed by atoms with Gasteiger partial charge in [0.1, 0.15) is 0 Å². The van der Waals surface area contributed by atoms with Gasteiger partial charge in [0, 0.05) is 31.4 Å². The van der Waals surface area contributed by atoms with Crippen LogP contribution in [0.25, 0.3) is 10.9 Å². The van der Waals surface area contributed by atoms with Crippen molar-refractivity contribution in [2.24, 2.45) is 0 Å². The molecule has 7 nitrogen and oxygen atoms in total. The van der Waals surface area contributed by atoms with Crippen LogP contribution in [0.3, 0.4) is 0 Å². The van der Waals surface area contributed by atoms with Crippen LogP contribution in [-0.4, -0.2) is 31.9 Å². The van der Waals surface area contributed by atoms with E-state index < -0.39 is 11.2 Å². The molecule has 3 heterocycles. The molecule has 1 atom stereocenters. The van der Waals surface area contributed by atoms with Crippen molar-refractivity contribution in [2.45, 2.75) is 31.8 Å². The van der Waals surface area contributed by atoms with Gasteiger partial charge in [0.2, 0.25) is 5.91 Å². The predicted octanol–water partition coefficient (Wildman–Crippen LogP) is 1.77. The molecule has 1 aromatic carbocycles. The number of carbonyl (C=O) groups is 1. The Bertz CT molecular complexity index is 1050. The number of H-pyrrole nitrogens is 2. The normalized spacial score (nSPS) is 17.1. The zero-order chi connectivity index (χ0) is 18.1. The predicted molar refractivity (Wildman–Crippen MR) is 97.9 cm³/mol. The van der Waals surface area contributed by atoms with Gasteiger partial charge in [-0.3, -0.25) is 19.1 Å². The highest BCUT2D eigenvalue weighted by Gasteiger charge is 2.30. The minimum absolute atomic E-state index is 0.0179. The van der Waals surface area contributed by atoms with E-state index in [2.05, 4.69) is 9.97 Å². The van der Waals surface area contributed by atoms with Crippen LogP contribution in [-0.2, 0) is 11.3 Å². The molecule has 1 amide bonds. The van der Waals surface area contributed by atoms with Crippen LogP contribution in [0, 0.1) is 0 Å². The van der Waals surface area contributed by atoms with Gasteiger partial charge in [-0.2, -0.15) is 0 Å². The lowest BCUT2D eigenvalue weighted by Crippen LogP contribution is -2.34. The first-order valence-corrected chi connectivity index (χ1v) is 8.80. The van der Waals surface area contributed by atoms with Crippen molar-refractivity contribution in [3.8, 4) is 0 Å². The molecule has 0 spiro atoms. The van der Waals surface area contributed by atoms with Gasteiger partial charge in [0.15, 0.2) is 0 Å². The summed E-state index contributed by atoms with van der Waals surface area (Å²) in [5.74, 6) is 0.0179. The van der Waals surface area contributed by atoms with Crippen LogP contribution in [0.4, 0.5) is 0 Å². The summed E-state index contributed by atoms with van der Waals surface area (Å²) in [6, 6.07) is 10.9. The van der Waals surface area contributed by atoms with Crippen molar-refractivity contribution in [1.29, 1.82) is 0 Å². The topological polar surface area (TPSA) is 91.0 Å². The monoisotopic (exact) mass is 352 g/mol. The maximum atomic E-state index is 12.8. The molecule has 0 aliphatic carbocycles. The number of benzene rings is 1. The largest absolute Gasteiger partial charge is 0.363 e. The van der Waals surface area contributed by atoms with Crippen molar-refractivity contribution in [2.75, 3.05) is 6.54 Å². The third-order valence-electron chi connectivity index (χ3n) is 5.01. The Hall–Kier alpha value is -3.09. The van der Waals surface area contributed by atoms with E-state index >= 15 is 0 Å². The lowest BCUT2D eigenvalue weighted by atomic mass is 10.1. The summed E-state index contributed by atoms with van der Waals surface area (Å²) in [7, 11) is 0. The lowest BCUT2D eigenvalue weighted by Gasteiger charge is -2.24. The average molecular weight is 352 g/mol. The van der Waals surface area contributed by atoms with Crippen LogP contribution in [0.2, 0.25) is 0 Å². The number of hydrogen-bond donors (Lipinski definition) is 2. The Kier molecular flexibility index (Phi) is 4.20. The Morgan fingerprint density at radius 1 is 1.15 bits per heavy atom. The summed E-state index contributed by atoms with van der Waals surface area (Å²) >= 11 is 0. The molecule has 4 rings (SSSR count). The van der Waals surface area contributed by atoms with E-state index in [4.69, 9.17) is 0 Å². The molecule has 1 saturated heterocycles. The fourth-order valence-corrected chi connectivity index (χ4v) is 3.76. The first-order valence-electron chi connectivity index (χ1n) is 8.80. The highest BCUT2D eigenvalue weighted by atomic mass is 16.2. The minimum Gasteiger partial charge on any atom is -0.363 e. The summed E-state index contributed by atoms with van der Waals surface area (Å²) in [6.45, 7) is 0.965. The van der Waals surface area contributed by atoms with Crippen molar-refractivity contribution in [3.63, 3.8) is 0 Å². The van der Waals surface area contributed by atoms with Crippen LogP contribution in [0.1, 0.15) is 31.0 Å². The second-order valence-corrected chi connectivity index (χ2v) is 6.55. The SMILES string of the molecule is O=C(CCn1c(=O)[nH]c(=O)c2ccccc21)N1CCC[C@@H]1c1ccc[nH]1. The molecule has 0 saturated carbocycles. The van der Waals surface area contributed by atoms with Crippen LogP contribution < -0.4 is 11.2 Å². The average Bonchev–Trinajstić information content (AvgIpc) is 3.32. The van der Waals surface area contributed by atoms with E-state index in [0.29, 0.717) is 10.9 Å².